The molecule has 2 aliphatic heterocycles. The molecule has 8 heteroatoms. The highest BCUT2D eigenvalue weighted by Crippen LogP contribution is 2.24. The summed E-state index contributed by atoms with van der Waals surface area (Å²) in [5.74, 6) is 1.43. The number of carbonyl (C=O) groups excluding carboxylic acids is 2. The molecule has 0 aliphatic carbocycles. The molecule has 0 aromatic carbocycles. The van der Waals surface area contributed by atoms with Crippen LogP contribution in [0.5, 0.6) is 0 Å². The van der Waals surface area contributed by atoms with Crippen molar-refractivity contribution in [2.45, 2.75) is 39.2 Å². The van der Waals surface area contributed by atoms with Crippen molar-refractivity contribution in [3.8, 4) is 0 Å². The molecule has 3 rings (SSSR count). The Kier molecular flexibility index (Phi) is 7.30. The van der Waals surface area contributed by atoms with Gasteiger partial charge >= 0.3 is 0 Å². The molecule has 1 aromatic rings. The monoisotopic (exact) mass is 405 g/mol. The average molecular weight is 406 g/mol. The standard InChI is InChI=1S/C20H31N5O2S/c1-3-22-20(24-8-4-15(5-9-24)12-18(26)21-2)23-13-19(27)25-10-6-17-16(14-25)7-11-28-17/h7,11,15H,3-6,8-10,12-14H2,1-2H3,(H,21,26)(H,22,23). The average Bonchev–Trinajstić information content (AvgIpc) is 3.19. The predicted octanol–water partition coefficient (Wildman–Crippen LogP) is 1.45. The predicted molar refractivity (Wildman–Crippen MR) is 112 cm³/mol. The second-order valence-electron chi connectivity index (χ2n) is 7.41. The summed E-state index contributed by atoms with van der Waals surface area (Å²) in [6.07, 6.45) is 3.48. The van der Waals surface area contributed by atoms with Gasteiger partial charge in [0.2, 0.25) is 11.8 Å². The quantitative estimate of drug-likeness (QED) is 0.574. The highest BCUT2D eigenvalue weighted by molar-refractivity contribution is 7.10. The highest BCUT2D eigenvalue weighted by atomic mass is 32.1. The van der Waals surface area contributed by atoms with E-state index < -0.39 is 0 Å². The van der Waals surface area contributed by atoms with Gasteiger partial charge in [-0.15, -0.1) is 11.3 Å². The van der Waals surface area contributed by atoms with Crippen LogP contribution in [0, 0.1) is 5.92 Å². The van der Waals surface area contributed by atoms with Crippen LogP contribution in [-0.4, -0.2) is 67.3 Å². The summed E-state index contributed by atoms with van der Waals surface area (Å²) in [5.41, 5.74) is 1.28. The van der Waals surface area contributed by atoms with Crippen molar-refractivity contribution in [3.63, 3.8) is 0 Å². The third-order valence-corrected chi connectivity index (χ3v) is 6.55. The lowest BCUT2D eigenvalue weighted by Gasteiger charge is -2.34. The maximum absolute atomic E-state index is 12.7. The maximum atomic E-state index is 12.7. The molecule has 1 aromatic heterocycles. The number of guanidine groups is 1. The Morgan fingerprint density at radius 1 is 1.25 bits per heavy atom. The first-order valence-corrected chi connectivity index (χ1v) is 11.1. The fourth-order valence-corrected chi connectivity index (χ4v) is 4.73. The summed E-state index contributed by atoms with van der Waals surface area (Å²) in [4.78, 5) is 34.4. The molecule has 28 heavy (non-hydrogen) atoms. The van der Waals surface area contributed by atoms with Gasteiger partial charge in [-0.1, -0.05) is 0 Å². The Labute approximate surface area is 171 Å². The Hall–Kier alpha value is -2.09. The SMILES string of the molecule is CCNC(=NCC(=O)N1CCc2sccc2C1)N1CCC(CC(=O)NC)CC1. The zero-order valence-electron chi connectivity index (χ0n) is 16.9. The fourth-order valence-electron chi connectivity index (χ4n) is 3.84. The molecule has 2 aliphatic rings. The van der Waals surface area contributed by atoms with Crippen LogP contribution in [0.2, 0.25) is 0 Å². The number of thiophene rings is 1. The van der Waals surface area contributed by atoms with Gasteiger partial charge in [0.05, 0.1) is 0 Å². The van der Waals surface area contributed by atoms with Gasteiger partial charge in [0, 0.05) is 51.1 Å². The molecule has 1 saturated heterocycles. The van der Waals surface area contributed by atoms with Crippen LogP contribution in [0.15, 0.2) is 16.4 Å². The first-order valence-electron chi connectivity index (χ1n) is 10.2. The lowest BCUT2D eigenvalue weighted by molar-refractivity contribution is -0.130. The largest absolute Gasteiger partial charge is 0.359 e. The molecule has 0 unspecified atom stereocenters. The van der Waals surface area contributed by atoms with Gasteiger partial charge in [-0.25, -0.2) is 4.99 Å². The second-order valence-corrected chi connectivity index (χ2v) is 8.41. The molecule has 0 bridgehead atoms. The zero-order valence-corrected chi connectivity index (χ0v) is 17.7. The Balaban J connectivity index is 1.53. The number of hydrogen-bond acceptors (Lipinski definition) is 4. The lowest BCUT2D eigenvalue weighted by Crippen LogP contribution is -2.46. The Morgan fingerprint density at radius 2 is 2.04 bits per heavy atom. The van der Waals surface area contributed by atoms with E-state index in [0.717, 1.165) is 51.4 Å². The van der Waals surface area contributed by atoms with Crippen LogP contribution in [0.4, 0.5) is 0 Å². The number of likely N-dealkylation sites (tertiary alicyclic amines) is 1. The van der Waals surface area contributed by atoms with Crippen molar-refractivity contribution >= 4 is 29.1 Å². The van der Waals surface area contributed by atoms with Crippen molar-refractivity contribution < 1.29 is 9.59 Å². The van der Waals surface area contributed by atoms with E-state index in [1.165, 1.54) is 10.4 Å². The van der Waals surface area contributed by atoms with Crippen molar-refractivity contribution in [1.29, 1.82) is 0 Å². The first-order chi connectivity index (χ1) is 13.6. The molecule has 0 spiro atoms. The summed E-state index contributed by atoms with van der Waals surface area (Å²) in [5, 5.41) is 8.13. The molecule has 0 atom stereocenters. The molecule has 1 fully saturated rings. The van der Waals surface area contributed by atoms with E-state index in [4.69, 9.17) is 0 Å². The molecule has 3 heterocycles. The van der Waals surface area contributed by atoms with Crippen LogP contribution in [0.3, 0.4) is 0 Å². The van der Waals surface area contributed by atoms with Crippen LogP contribution < -0.4 is 10.6 Å². The van der Waals surface area contributed by atoms with Gasteiger partial charge in [0.25, 0.3) is 0 Å². The van der Waals surface area contributed by atoms with E-state index >= 15 is 0 Å². The van der Waals surface area contributed by atoms with Crippen LogP contribution in [0.1, 0.15) is 36.6 Å². The van der Waals surface area contributed by atoms with Gasteiger partial charge < -0.3 is 20.4 Å². The van der Waals surface area contributed by atoms with E-state index in [1.54, 1.807) is 18.4 Å². The van der Waals surface area contributed by atoms with Gasteiger partial charge in [0.15, 0.2) is 5.96 Å². The Bertz CT molecular complexity index is 709. The van der Waals surface area contributed by atoms with E-state index in [-0.39, 0.29) is 18.4 Å². The van der Waals surface area contributed by atoms with Crippen molar-refractivity contribution in [2.75, 3.05) is 39.8 Å². The van der Waals surface area contributed by atoms with Gasteiger partial charge in [0.1, 0.15) is 6.54 Å². The van der Waals surface area contributed by atoms with Crippen LogP contribution in [-0.2, 0) is 22.6 Å². The highest BCUT2D eigenvalue weighted by Gasteiger charge is 2.24. The summed E-state index contributed by atoms with van der Waals surface area (Å²) < 4.78 is 0. The minimum absolute atomic E-state index is 0.0850. The summed E-state index contributed by atoms with van der Waals surface area (Å²) in [6, 6.07) is 2.12. The lowest BCUT2D eigenvalue weighted by atomic mass is 9.93. The molecular weight excluding hydrogens is 374 g/mol. The van der Waals surface area contributed by atoms with Gasteiger partial charge in [-0.2, -0.15) is 0 Å². The number of aliphatic imine (C=N–C) groups is 1. The number of hydrogen-bond donors (Lipinski definition) is 2. The molecule has 2 amide bonds. The minimum Gasteiger partial charge on any atom is -0.359 e. The molecular formula is C20H31N5O2S. The maximum Gasteiger partial charge on any atom is 0.244 e. The number of fused-ring (bicyclic) bond motifs is 1. The Morgan fingerprint density at radius 3 is 2.75 bits per heavy atom. The van der Waals surface area contributed by atoms with Crippen LogP contribution in [0.25, 0.3) is 0 Å². The number of carbonyl (C=O) groups is 2. The van der Waals surface area contributed by atoms with E-state index in [1.807, 2.05) is 11.8 Å². The van der Waals surface area contributed by atoms with Crippen molar-refractivity contribution in [3.05, 3.63) is 21.9 Å². The fraction of sp³-hybridized carbons (Fsp3) is 0.650. The third-order valence-electron chi connectivity index (χ3n) is 5.53. The number of amides is 2. The number of rotatable bonds is 5. The van der Waals surface area contributed by atoms with Gasteiger partial charge in [-0.05, 0) is 49.1 Å². The molecule has 2 N–H and O–H groups in total. The van der Waals surface area contributed by atoms with E-state index in [2.05, 4.69) is 32.0 Å². The first kappa shape index (κ1) is 20.6. The summed E-state index contributed by atoms with van der Waals surface area (Å²) in [6.45, 7) is 6.21. The summed E-state index contributed by atoms with van der Waals surface area (Å²) in [7, 11) is 1.69. The van der Waals surface area contributed by atoms with E-state index in [0.29, 0.717) is 18.9 Å². The number of nitrogens with zero attached hydrogens (tertiary/aromatic N) is 3. The third kappa shape index (κ3) is 5.25. The molecule has 154 valence electrons. The molecule has 0 radical (unpaired) electrons. The number of piperidine rings is 1. The molecule has 7 nitrogen and oxygen atoms in total. The van der Waals surface area contributed by atoms with E-state index in [9.17, 15) is 9.59 Å². The van der Waals surface area contributed by atoms with Crippen molar-refractivity contribution in [1.82, 2.24) is 20.4 Å². The summed E-state index contributed by atoms with van der Waals surface area (Å²) >= 11 is 1.78. The molecule has 0 saturated carbocycles. The minimum atomic E-state index is 0.0850. The second kappa shape index (κ2) is 9.91. The van der Waals surface area contributed by atoms with Gasteiger partial charge in [-0.3, -0.25) is 9.59 Å². The van der Waals surface area contributed by atoms with Crippen LogP contribution >= 0.6 is 11.3 Å². The normalized spacial score (nSPS) is 18.0. The number of nitrogens with one attached hydrogen (secondary N) is 2. The zero-order chi connectivity index (χ0) is 19.9. The smallest absolute Gasteiger partial charge is 0.244 e. The van der Waals surface area contributed by atoms with Crippen molar-refractivity contribution in [2.24, 2.45) is 10.9 Å². The topological polar surface area (TPSA) is 77.0 Å².